The maximum atomic E-state index is 11.8. The van der Waals surface area contributed by atoms with Gasteiger partial charge in [0.25, 0.3) is 0 Å². The van der Waals surface area contributed by atoms with Crippen molar-refractivity contribution >= 4 is 5.97 Å². The molecule has 1 atom stereocenters. The van der Waals surface area contributed by atoms with Crippen molar-refractivity contribution in [1.82, 2.24) is 9.78 Å². The van der Waals surface area contributed by atoms with E-state index in [1.807, 2.05) is 41.9 Å². The van der Waals surface area contributed by atoms with E-state index in [2.05, 4.69) is 24.3 Å². The zero-order valence-electron chi connectivity index (χ0n) is 21.5. The summed E-state index contributed by atoms with van der Waals surface area (Å²) in [5, 5.41) is 16.0. The predicted octanol–water partition coefficient (Wildman–Crippen LogP) is 5.41. The maximum absolute atomic E-state index is 11.8. The summed E-state index contributed by atoms with van der Waals surface area (Å²) in [4.78, 5) is 11.8. The number of hydrogen-bond acceptors (Lipinski definition) is 6. The van der Waals surface area contributed by atoms with E-state index in [0.29, 0.717) is 25.1 Å². The number of ether oxygens (including phenoxy) is 3. The van der Waals surface area contributed by atoms with Crippen LogP contribution in [0.4, 0.5) is 0 Å². The number of aromatic nitrogens is 2. The Morgan fingerprint density at radius 3 is 2.29 bits per heavy atom. The average Bonchev–Trinajstić information content (AvgIpc) is 3.27. The first kappa shape index (κ1) is 26.4. The summed E-state index contributed by atoms with van der Waals surface area (Å²) in [6, 6.07) is 17.8. The van der Waals surface area contributed by atoms with Crippen LogP contribution in [0, 0.1) is 12.3 Å². The van der Waals surface area contributed by atoms with Crippen molar-refractivity contribution in [3.8, 4) is 22.7 Å². The Labute approximate surface area is 207 Å². The average molecular weight is 481 g/mol. The number of aliphatic hydroxyl groups is 1. The van der Waals surface area contributed by atoms with E-state index < -0.39 is 11.0 Å². The zero-order chi connectivity index (χ0) is 25.6. The summed E-state index contributed by atoms with van der Waals surface area (Å²) >= 11 is 0. The van der Waals surface area contributed by atoms with Gasteiger partial charge >= 0.3 is 5.97 Å². The lowest BCUT2D eigenvalue weighted by molar-refractivity contribution is -0.166. The smallest absolute Gasteiger partial charge is 0.313 e. The summed E-state index contributed by atoms with van der Waals surface area (Å²) in [6.45, 7) is 9.45. The lowest BCUT2D eigenvalue weighted by atomic mass is 9.95. The highest BCUT2D eigenvalue weighted by Crippen LogP contribution is 2.32. The minimum Gasteiger partial charge on any atom is -0.497 e. The molecule has 1 aromatic heterocycles. The molecule has 0 bridgehead atoms. The molecule has 1 unspecified atom stereocenters. The first-order chi connectivity index (χ1) is 16.5. The van der Waals surface area contributed by atoms with Crippen LogP contribution in [-0.2, 0) is 19.9 Å². The highest BCUT2D eigenvalue weighted by molar-refractivity contribution is 5.75. The predicted molar refractivity (Wildman–Crippen MR) is 135 cm³/mol. The van der Waals surface area contributed by atoms with Crippen LogP contribution in [0.2, 0.25) is 0 Å². The fourth-order valence-corrected chi connectivity index (χ4v) is 3.51. The molecule has 0 fully saturated rings. The number of carbonyl (C=O) groups excluding carboxylic acids is 1. The zero-order valence-corrected chi connectivity index (χ0v) is 21.5. The highest BCUT2D eigenvalue weighted by atomic mass is 16.7. The SMILES string of the molecule is COc1ccc(-n2nc(C(C)(O)CCCOCOC(=O)C(C)(C)C)cc2-c2ccc(C)cc2)cc1. The van der Waals surface area contributed by atoms with Gasteiger partial charge in [0.2, 0.25) is 0 Å². The highest BCUT2D eigenvalue weighted by Gasteiger charge is 2.28. The summed E-state index contributed by atoms with van der Waals surface area (Å²) in [5.74, 6) is 0.454. The van der Waals surface area contributed by atoms with E-state index in [1.54, 1.807) is 34.8 Å². The lowest BCUT2D eigenvalue weighted by Gasteiger charge is -2.21. The molecule has 1 N–H and O–H groups in total. The van der Waals surface area contributed by atoms with E-state index in [1.165, 1.54) is 5.56 Å². The van der Waals surface area contributed by atoms with Crippen LogP contribution in [0.15, 0.2) is 54.6 Å². The second kappa shape index (κ2) is 11.1. The van der Waals surface area contributed by atoms with Crippen molar-refractivity contribution < 1.29 is 24.1 Å². The lowest BCUT2D eigenvalue weighted by Crippen LogP contribution is -2.25. The molecule has 3 aromatic rings. The van der Waals surface area contributed by atoms with Gasteiger partial charge in [-0.1, -0.05) is 29.8 Å². The second-order valence-corrected chi connectivity index (χ2v) is 9.98. The third-order valence-corrected chi connectivity index (χ3v) is 5.76. The molecule has 3 rings (SSSR count). The van der Waals surface area contributed by atoms with Crippen molar-refractivity contribution in [2.24, 2.45) is 5.41 Å². The van der Waals surface area contributed by atoms with Gasteiger partial charge in [-0.3, -0.25) is 4.79 Å². The minimum absolute atomic E-state index is 0.0953. The van der Waals surface area contributed by atoms with Gasteiger partial charge < -0.3 is 19.3 Å². The van der Waals surface area contributed by atoms with Crippen molar-refractivity contribution in [3.63, 3.8) is 0 Å². The van der Waals surface area contributed by atoms with Gasteiger partial charge in [0.05, 0.1) is 36.2 Å². The molecule has 0 aliphatic heterocycles. The first-order valence-electron chi connectivity index (χ1n) is 11.8. The maximum Gasteiger partial charge on any atom is 0.313 e. The fraction of sp³-hybridized carbons (Fsp3) is 0.429. The van der Waals surface area contributed by atoms with E-state index >= 15 is 0 Å². The van der Waals surface area contributed by atoms with Crippen LogP contribution in [-0.4, -0.2) is 41.4 Å². The Morgan fingerprint density at radius 2 is 1.69 bits per heavy atom. The Balaban J connectivity index is 1.74. The van der Waals surface area contributed by atoms with Gasteiger partial charge in [-0.2, -0.15) is 5.10 Å². The van der Waals surface area contributed by atoms with Gasteiger partial charge in [0.1, 0.15) is 11.4 Å². The number of rotatable bonds is 10. The molecule has 7 heteroatoms. The molecule has 35 heavy (non-hydrogen) atoms. The first-order valence-corrected chi connectivity index (χ1v) is 11.8. The number of methoxy groups -OCH3 is 1. The topological polar surface area (TPSA) is 82.8 Å². The molecule has 0 radical (unpaired) electrons. The number of nitrogens with zero attached hydrogens (tertiary/aromatic N) is 2. The number of hydrogen-bond donors (Lipinski definition) is 1. The van der Waals surface area contributed by atoms with Gasteiger partial charge in [-0.05, 0) is 77.8 Å². The van der Waals surface area contributed by atoms with Crippen LogP contribution in [0.5, 0.6) is 5.75 Å². The Kier molecular flexibility index (Phi) is 8.35. The van der Waals surface area contributed by atoms with Crippen LogP contribution in [0.3, 0.4) is 0 Å². The van der Waals surface area contributed by atoms with E-state index in [0.717, 1.165) is 22.7 Å². The van der Waals surface area contributed by atoms with Crippen molar-refractivity contribution in [1.29, 1.82) is 0 Å². The van der Waals surface area contributed by atoms with Crippen molar-refractivity contribution in [2.75, 3.05) is 20.5 Å². The quantitative estimate of drug-likeness (QED) is 0.237. The second-order valence-electron chi connectivity index (χ2n) is 9.98. The van der Waals surface area contributed by atoms with Crippen LogP contribution in [0.1, 0.15) is 51.8 Å². The third-order valence-electron chi connectivity index (χ3n) is 5.76. The molecule has 2 aromatic carbocycles. The molecule has 1 heterocycles. The summed E-state index contributed by atoms with van der Waals surface area (Å²) < 4.78 is 17.7. The fourth-order valence-electron chi connectivity index (χ4n) is 3.51. The monoisotopic (exact) mass is 480 g/mol. The molecule has 7 nitrogen and oxygen atoms in total. The molecular formula is C28H36N2O5. The molecule has 0 saturated carbocycles. The van der Waals surface area contributed by atoms with Crippen molar-refractivity contribution in [3.05, 3.63) is 65.9 Å². The normalized spacial score (nSPS) is 13.3. The molecule has 0 aliphatic rings. The number of benzene rings is 2. The molecule has 0 saturated heterocycles. The Bertz CT molecular complexity index is 1110. The summed E-state index contributed by atoms with van der Waals surface area (Å²) in [6.07, 6.45) is 1.02. The van der Waals surface area contributed by atoms with Gasteiger partial charge in [-0.15, -0.1) is 0 Å². The van der Waals surface area contributed by atoms with Crippen LogP contribution < -0.4 is 4.74 Å². The van der Waals surface area contributed by atoms with E-state index in [-0.39, 0.29) is 12.8 Å². The number of esters is 1. The standard InChI is InChI=1S/C28H36N2O5/c1-20-8-10-21(11-9-20)24-18-25(29-30(24)22-12-14-23(33-6)15-13-22)28(5,32)16-7-17-34-19-35-26(31)27(2,3)4/h8-15,18,32H,7,16-17,19H2,1-6H3. The molecule has 0 spiro atoms. The Hall–Kier alpha value is -3.16. The molecule has 0 aliphatic carbocycles. The van der Waals surface area contributed by atoms with Gasteiger partial charge in [0, 0.05) is 5.56 Å². The minimum atomic E-state index is -1.16. The third kappa shape index (κ3) is 6.93. The van der Waals surface area contributed by atoms with Gasteiger partial charge in [0.15, 0.2) is 6.79 Å². The number of carbonyl (C=O) groups is 1. The Morgan fingerprint density at radius 1 is 1.03 bits per heavy atom. The summed E-state index contributed by atoms with van der Waals surface area (Å²) in [7, 11) is 1.63. The van der Waals surface area contributed by atoms with E-state index in [4.69, 9.17) is 19.3 Å². The van der Waals surface area contributed by atoms with E-state index in [9.17, 15) is 9.90 Å². The number of aryl methyl sites for hydroxylation is 1. The summed E-state index contributed by atoms with van der Waals surface area (Å²) in [5.41, 5.74) is 2.77. The van der Waals surface area contributed by atoms with Crippen LogP contribution in [0.25, 0.3) is 16.9 Å². The molecule has 188 valence electrons. The molecular weight excluding hydrogens is 444 g/mol. The van der Waals surface area contributed by atoms with Crippen molar-refractivity contribution in [2.45, 2.75) is 53.1 Å². The largest absolute Gasteiger partial charge is 0.497 e. The van der Waals surface area contributed by atoms with Gasteiger partial charge in [-0.25, -0.2) is 4.68 Å². The van der Waals surface area contributed by atoms with Crippen LogP contribution >= 0.6 is 0 Å². The molecule has 0 amide bonds.